The Bertz CT molecular complexity index is 1130. The Kier molecular flexibility index (Phi) is 5.05. The van der Waals surface area contributed by atoms with Crippen LogP contribution in [-0.2, 0) is 9.47 Å². The summed E-state index contributed by atoms with van der Waals surface area (Å²) in [6, 6.07) is 14.2. The predicted octanol–water partition coefficient (Wildman–Crippen LogP) is 7.32. The normalized spacial score (nSPS) is 10.5. The van der Waals surface area contributed by atoms with Crippen molar-refractivity contribution in [1.29, 1.82) is 0 Å². The van der Waals surface area contributed by atoms with E-state index in [-0.39, 0.29) is 0 Å². The first-order valence-corrected chi connectivity index (χ1v) is 8.93. The molecule has 150 valence electrons. The smallest absolute Gasteiger partial charge is 0.170 e. The molecular formula is C24H18O6. The van der Waals surface area contributed by atoms with Crippen molar-refractivity contribution in [3.63, 3.8) is 0 Å². The SMILES string of the molecule is C=COC(=C)c1ccc(-c2ccc(-c3ccc(-c4ccc(C(=C)OC=C)o4)o3)o2)o1. The summed E-state index contributed by atoms with van der Waals surface area (Å²) < 4.78 is 33.4. The van der Waals surface area contributed by atoms with E-state index in [1.54, 1.807) is 48.5 Å². The topological polar surface area (TPSA) is 71.0 Å². The Morgan fingerprint density at radius 2 is 0.833 bits per heavy atom. The van der Waals surface area contributed by atoms with Crippen molar-refractivity contribution < 1.29 is 27.1 Å². The standard InChI is InChI=1S/C24H18O6/c1-5-25-15(3)17-7-9-19(27-17)21-11-13-23(29-21)24-14-12-22(30-24)20-10-8-18(28-20)16(4)26-6-2/h5-14H,1-4H2. The predicted molar refractivity (Wildman–Crippen MR) is 112 cm³/mol. The van der Waals surface area contributed by atoms with E-state index in [1.165, 1.54) is 12.5 Å². The minimum absolute atomic E-state index is 0.359. The lowest BCUT2D eigenvalue weighted by atomic mass is 10.3. The van der Waals surface area contributed by atoms with Crippen LogP contribution in [0.15, 0.2) is 105 Å². The molecule has 0 unspecified atom stereocenters. The van der Waals surface area contributed by atoms with Crippen molar-refractivity contribution in [2.24, 2.45) is 0 Å². The second-order valence-electron chi connectivity index (χ2n) is 6.07. The van der Waals surface area contributed by atoms with E-state index in [2.05, 4.69) is 26.3 Å². The van der Waals surface area contributed by atoms with Crippen molar-refractivity contribution in [2.45, 2.75) is 0 Å². The minimum atomic E-state index is 0.359. The van der Waals surface area contributed by atoms with Crippen LogP contribution in [0, 0.1) is 0 Å². The van der Waals surface area contributed by atoms with Gasteiger partial charge in [-0.1, -0.05) is 26.3 Å². The lowest BCUT2D eigenvalue weighted by molar-refractivity contribution is 0.410. The highest BCUT2D eigenvalue weighted by atomic mass is 16.5. The quantitative estimate of drug-likeness (QED) is 0.273. The Labute approximate surface area is 172 Å². The van der Waals surface area contributed by atoms with Crippen LogP contribution in [0.1, 0.15) is 11.5 Å². The molecule has 0 radical (unpaired) electrons. The van der Waals surface area contributed by atoms with E-state index < -0.39 is 0 Å². The summed E-state index contributed by atoms with van der Waals surface area (Å²) in [7, 11) is 0. The molecule has 6 nitrogen and oxygen atoms in total. The average Bonchev–Trinajstić information content (AvgIpc) is 3.54. The van der Waals surface area contributed by atoms with Gasteiger partial charge in [-0.05, 0) is 48.5 Å². The van der Waals surface area contributed by atoms with E-state index in [0.29, 0.717) is 57.6 Å². The zero-order chi connectivity index (χ0) is 21.1. The van der Waals surface area contributed by atoms with Gasteiger partial charge in [0.25, 0.3) is 0 Å². The summed E-state index contributed by atoms with van der Waals surface area (Å²) in [4.78, 5) is 0. The molecule has 4 rings (SSSR count). The van der Waals surface area contributed by atoms with Crippen LogP contribution in [0.3, 0.4) is 0 Å². The monoisotopic (exact) mass is 402 g/mol. The maximum absolute atomic E-state index is 5.88. The van der Waals surface area contributed by atoms with Crippen LogP contribution in [0.4, 0.5) is 0 Å². The molecular weight excluding hydrogens is 384 g/mol. The fraction of sp³-hybridized carbons (Fsp3) is 0. The van der Waals surface area contributed by atoms with Crippen LogP contribution in [0.2, 0.25) is 0 Å². The van der Waals surface area contributed by atoms with E-state index in [9.17, 15) is 0 Å². The van der Waals surface area contributed by atoms with E-state index in [4.69, 9.17) is 27.1 Å². The molecule has 0 amide bonds. The van der Waals surface area contributed by atoms with Gasteiger partial charge in [-0.3, -0.25) is 0 Å². The van der Waals surface area contributed by atoms with Gasteiger partial charge in [0, 0.05) is 0 Å². The van der Waals surface area contributed by atoms with Gasteiger partial charge < -0.3 is 27.1 Å². The molecule has 0 aliphatic heterocycles. The molecule has 0 aromatic carbocycles. The van der Waals surface area contributed by atoms with Gasteiger partial charge >= 0.3 is 0 Å². The third-order valence-electron chi connectivity index (χ3n) is 4.15. The minimum Gasteiger partial charge on any atom is -0.462 e. The molecule has 6 heteroatoms. The lowest BCUT2D eigenvalue weighted by Crippen LogP contribution is -1.79. The first-order chi connectivity index (χ1) is 14.6. The summed E-state index contributed by atoms with van der Waals surface area (Å²) in [5.74, 6) is 4.93. The highest BCUT2D eigenvalue weighted by Gasteiger charge is 2.16. The van der Waals surface area contributed by atoms with Gasteiger partial charge in [0.1, 0.15) is 0 Å². The molecule has 0 fully saturated rings. The van der Waals surface area contributed by atoms with Crippen LogP contribution in [0.25, 0.3) is 46.1 Å². The van der Waals surface area contributed by atoms with Crippen LogP contribution in [-0.4, -0.2) is 0 Å². The highest BCUT2D eigenvalue weighted by Crippen LogP contribution is 2.34. The van der Waals surface area contributed by atoms with Gasteiger partial charge in [0.15, 0.2) is 57.6 Å². The summed E-state index contributed by atoms with van der Waals surface area (Å²) in [6.07, 6.45) is 2.57. The van der Waals surface area contributed by atoms with E-state index >= 15 is 0 Å². The number of rotatable bonds is 9. The van der Waals surface area contributed by atoms with Gasteiger partial charge in [-0.2, -0.15) is 0 Å². The fourth-order valence-corrected chi connectivity index (χ4v) is 2.76. The summed E-state index contributed by atoms with van der Waals surface area (Å²) in [5, 5.41) is 0. The van der Waals surface area contributed by atoms with Crippen molar-refractivity contribution in [3.05, 3.63) is 98.9 Å². The maximum Gasteiger partial charge on any atom is 0.170 e. The molecule has 0 N–H and O–H groups in total. The first-order valence-electron chi connectivity index (χ1n) is 8.93. The van der Waals surface area contributed by atoms with Crippen LogP contribution < -0.4 is 0 Å². The summed E-state index contributed by atoms with van der Waals surface area (Å²) in [6.45, 7) is 14.5. The van der Waals surface area contributed by atoms with Crippen LogP contribution in [0.5, 0.6) is 0 Å². The molecule has 4 aromatic rings. The Hall–Kier alpha value is -4.32. The second kappa shape index (κ2) is 7.97. The van der Waals surface area contributed by atoms with Gasteiger partial charge in [0.2, 0.25) is 0 Å². The van der Waals surface area contributed by atoms with Gasteiger partial charge in [-0.25, -0.2) is 0 Å². The molecule has 0 saturated heterocycles. The zero-order valence-corrected chi connectivity index (χ0v) is 16.1. The Balaban J connectivity index is 1.53. The fourth-order valence-electron chi connectivity index (χ4n) is 2.76. The second-order valence-corrected chi connectivity index (χ2v) is 6.07. The van der Waals surface area contributed by atoms with Gasteiger partial charge in [0.05, 0.1) is 12.5 Å². The molecule has 0 spiro atoms. The molecule has 0 atom stereocenters. The number of ether oxygens (including phenoxy) is 2. The van der Waals surface area contributed by atoms with Crippen molar-refractivity contribution in [2.75, 3.05) is 0 Å². The number of hydrogen-bond donors (Lipinski definition) is 0. The molecule has 4 aromatic heterocycles. The molecule has 30 heavy (non-hydrogen) atoms. The van der Waals surface area contributed by atoms with Crippen molar-refractivity contribution >= 4 is 11.5 Å². The first kappa shape index (κ1) is 19.0. The average molecular weight is 402 g/mol. The van der Waals surface area contributed by atoms with Crippen molar-refractivity contribution in [1.82, 2.24) is 0 Å². The maximum atomic E-state index is 5.88. The molecule has 4 heterocycles. The van der Waals surface area contributed by atoms with Gasteiger partial charge in [-0.15, -0.1) is 0 Å². The zero-order valence-electron chi connectivity index (χ0n) is 16.1. The summed E-state index contributed by atoms with van der Waals surface area (Å²) in [5.41, 5.74) is 0. The highest BCUT2D eigenvalue weighted by molar-refractivity contribution is 5.64. The van der Waals surface area contributed by atoms with Crippen LogP contribution >= 0.6 is 0 Å². The molecule has 0 aliphatic rings. The van der Waals surface area contributed by atoms with Crippen molar-refractivity contribution in [3.8, 4) is 34.6 Å². The number of hydrogen-bond acceptors (Lipinski definition) is 6. The van der Waals surface area contributed by atoms with E-state index in [1.807, 2.05) is 0 Å². The third-order valence-corrected chi connectivity index (χ3v) is 4.15. The Morgan fingerprint density at radius 3 is 1.17 bits per heavy atom. The number of furan rings is 4. The van der Waals surface area contributed by atoms with E-state index in [0.717, 1.165) is 0 Å². The molecule has 0 saturated carbocycles. The largest absolute Gasteiger partial charge is 0.462 e. The molecule has 0 aliphatic carbocycles. The molecule has 0 bridgehead atoms. The lowest BCUT2D eigenvalue weighted by Gasteiger charge is -1.99. The Morgan fingerprint density at radius 1 is 0.533 bits per heavy atom. The third kappa shape index (κ3) is 3.66. The summed E-state index contributed by atoms with van der Waals surface area (Å²) >= 11 is 0.